The normalized spacial score (nSPS) is 11.6. The van der Waals surface area contributed by atoms with Gasteiger partial charge in [0.15, 0.2) is 9.84 Å². The lowest BCUT2D eigenvalue weighted by Crippen LogP contribution is -2.29. The smallest absolute Gasteiger partial charge is 0.246 e. The second kappa shape index (κ2) is 8.87. The maximum atomic E-state index is 13.5. The highest BCUT2D eigenvalue weighted by Crippen LogP contribution is 2.29. The monoisotopic (exact) mass is 460 g/mol. The molecule has 1 aromatic heterocycles. The van der Waals surface area contributed by atoms with Crippen LogP contribution in [0, 0.1) is 20.8 Å². The van der Waals surface area contributed by atoms with E-state index in [1.165, 1.54) is 0 Å². The van der Waals surface area contributed by atoms with Gasteiger partial charge in [0.05, 0.1) is 10.6 Å². The summed E-state index contributed by atoms with van der Waals surface area (Å²) in [5.41, 5.74) is 5.36. The first-order valence-corrected chi connectivity index (χ1v) is 12.5. The third-order valence-electron chi connectivity index (χ3n) is 6.01. The predicted molar refractivity (Wildman–Crippen MR) is 133 cm³/mol. The van der Waals surface area contributed by atoms with Gasteiger partial charge in [-0.1, -0.05) is 54.1 Å². The van der Waals surface area contributed by atoms with E-state index >= 15 is 0 Å². The zero-order chi connectivity index (χ0) is 23.8. The average molecular weight is 461 g/mol. The number of amides is 1. The van der Waals surface area contributed by atoms with E-state index in [0.29, 0.717) is 5.39 Å². The van der Waals surface area contributed by atoms with E-state index in [4.69, 9.17) is 0 Å². The number of likely N-dealkylation sites (N-methyl/N-ethyl adjacent to an activating group) is 1. The van der Waals surface area contributed by atoms with Gasteiger partial charge in [0.2, 0.25) is 5.91 Å². The Labute approximate surface area is 195 Å². The van der Waals surface area contributed by atoms with Crippen LogP contribution in [0.25, 0.3) is 10.9 Å². The van der Waals surface area contributed by atoms with Crippen molar-refractivity contribution in [2.24, 2.45) is 0 Å². The Bertz CT molecular complexity index is 1450. The quantitative estimate of drug-likeness (QED) is 0.397. The molecule has 0 unspecified atom stereocenters. The van der Waals surface area contributed by atoms with Crippen LogP contribution in [-0.2, 0) is 26.9 Å². The van der Waals surface area contributed by atoms with Crippen molar-refractivity contribution >= 4 is 32.3 Å². The molecule has 0 aliphatic heterocycles. The number of carbonyl (C=O) groups excluding carboxylic acids is 1. The molecule has 0 aliphatic carbocycles. The number of aromatic nitrogens is 1. The lowest BCUT2D eigenvalue weighted by Gasteiger charge is -2.18. The molecule has 0 saturated carbocycles. The minimum absolute atomic E-state index is 0.0456. The van der Waals surface area contributed by atoms with E-state index in [9.17, 15) is 13.2 Å². The number of anilines is 1. The van der Waals surface area contributed by atoms with Gasteiger partial charge >= 0.3 is 0 Å². The van der Waals surface area contributed by atoms with E-state index < -0.39 is 9.84 Å². The molecule has 4 rings (SSSR count). The van der Waals surface area contributed by atoms with Gasteiger partial charge in [-0.15, -0.1) is 0 Å². The van der Waals surface area contributed by atoms with Gasteiger partial charge < -0.3 is 9.47 Å². The lowest BCUT2D eigenvalue weighted by molar-refractivity contribution is -0.118. The van der Waals surface area contributed by atoms with Crippen molar-refractivity contribution in [1.82, 2.24) is 4.57 Å². The summed E-state index contributed by atoms with van der Waals surface area (Å²) in [5.74, 6) is -0.203. The van der Waals surface area contributed by atoms with Crippen LogP contribution in [-0.4, -0.2) is 25.9 Å². The number of carbonyl (C=O) groups is 1. The summed E-state index contributed by atoms with van der Waals surface area (Å²) in [6, 6.07) is 20.9. The predicted octanol–water partition coefficient (Wildman–Crippen LogP) is 5.20. The molecule has 33 heavy (non-hydrogen) atoms. The van der Waals surface area contributed by atoms with Crippen LogP contribution in [0.5, 0.6) is 0 Å². The summed E-state index contributed by atoms with van der Waals surface area (Å²) in [6.45, 7) is 5.91. The van der Waals surface area contributed by atoms with Crippen LogP contribution >= 0.6 is 0 Å². The Morgan fingerprint density at radius 3 is 2.39 bits per heavy atom. The van der Waals surface area contributed by atoms with E-state index in [1.807, 2.05) is 81.4 Å². The van der Waals surface area contributed by atoms with Gasteiger partial charge in [0.1, 0.15) is 6.54 Å². The van der Waals surface area contributed by atoms with Gasteiger partial charge in [-0.2, -0.15) is 0 Å². The van der Waals surface area contributed by atoms with Crippen LogP contribution < -0.4 is 4.90 Å². The van der Waals surface area contributed by atoms with Crippen molar-refractivity contribution in [1.29, 1.82) is 0 Å². The minimum atomic E-state index is -3.62. The Morgan fingerprint density at radius 2 is 1.64 bits per heavy atom. The topological polar surface area (TPSA) is 59.4 Å². The highest BCUT2D eigenvalue weighted by atomic mass is 32.2. The number of aryl methyl sites for hydroxylation is 3. The number of rotatable bonds is 6. The van der Waals surface area contributed by atoms with Crippen molar-refractivity contribution < 1.29 is 13.2 Å². The highest BCUT2D eigenvalue weighted by molar-refractivity contribution is 7.90. The van der Waals surface area contributed by atoms with Crippen molar-refractivity contribution in [3.63, 3.8) is 0 Å². The molecular weight excluding hydrogens is 432 g/mol. The number of para-hydroxylation sites is 1. The number of nitrogens with zero attached hydrogens (tertiary/aromatic N) is 2. The van der Waals surface area contributed by atoms with E-state index in [1.54, 1.807) is 28.8 Å². The lowest BCUT2D eigenvalue weighted by atomic mass is 10.1. The fourth-order valence-electron chi connectivity index (χ4n) is 4.06. The number of sulfone groups is 1. The Morgan fingerprint density at radius 1 is 0.909 bits per heavy atom. The second-order valence-electron chi connectivity index (χ2n) is 8.62. The highest BCUT2D eigenvalue weighted by Gasteiger charge is 2.24. The van der Waals surface area contributed by atoms with Gasteiger partial charge in [-0.3, -0.25) is 4.79 Å². The zero-order valence-corrected chi connectivity index (χ0v) is 20.2. The van der Waals surface area contributed by atoms with Crippen molar-refractivity contribution in [2.45, 2.75) is 38.0 Å². The molecule has 0 spiro atoms. The first-order chi connectivity index (χ1) is 15.7. The van der Waals surface area contributed by atoms with Gasteiger partial charge in [0.25, 0.3) is 0 Å². The average Bonchev–Trinajstić information content (AvgIpc) is 3.15. The van der Waals surface area contributed by atoms with Crippen LogP contribution in [0.15, 0.2) is 77.8 Å². The summed E-state index contributed by atoms with van der Waals surface area (Å²) in [4.78, 5) is 14.9. The molecule has 1 heterocycles. The largest absolute Gasteiger partial charge is 0.337 e. The molecule has 1 amide bonds. The summed E-state index contributed by atoms with van der Waals surface area (Å²) in [5, 5.41) is 0.633. The van der Waals surface area contributed by atoms with E-state index in [-0.39, 0.29) is 23.1 Å². The molecule has 4 aromatic rings. The van der Waals surface area contributed by atoms with Crippen LogP contribution in [0.1, 0.15) is 22.3 Å². The van der Waals surface area contributed by atoms with Gasteiger partial charge in [-0.05, 0) is 55.7 Å². The summed E-state index contributed by atoms with van der Waals surface area (Å²) >= 11 is 0. The maximum absolute atomic E-state index is 13.5. The van der Waals surface area contributed by atoms with Crippen molar-refractivity contribution in [2.75, 3.05) is 11.9 Å². The number of hydrogen-bond acceptors (Lipinski definition) is 3. The zero-order valence-electron chi connectivity index (χ0n) is 19.4. The summed E-state index contributed by atoms with van der Waals surface area (Å²) in [7, 11) is -1.88. The number of benzene rings is 3. The molecule has 0 saturated heterocycles. The van der Waals surface area contributed by atoms with Crippen molar-refractivity contribution in [3.05, 3.63) is 95.2 Å². The summed E-state index contributed by atoms with van der Waals surface area (Å²) < 4.78 is 28.7. The van der Waals surface area contributed by atoms with Gasteiger partial charge in [0, 0.05) is 29.8 Å². The third kappa shape index (κ3) is 4.71. The number of hydrogen-bond donors (Lipinski definition) is 0. The van der Waals surface area contributed by atoms with Crippen LogP contribution in [0.2, 0.25) is 0 Å². The fourth-order valence-corrected chi connectivity index (χ4v) is 5.73. The first-order valence-electron chi connectivity index (χ1n) is 10.9. The SMILES string of the molecule is Cc1cccc(N(C)C(=O)Cn2cc(S(=O)(=O)Cc3cc(C)ccc3C)c3ccccc32)c1. The molecule has 0 N–H and O–H groups in total. The molecule has 0 bridgehead atoms. The molecular formula is C27H28N2O3S. The molecule has 0 radical (unpaired) electrons. The minimum Gasteiger partial charge on any atom is -0.337 e. The van der Waals surface area contributed by atoms with Crippen LogP contribution in [0.4, 0.5) is 5.69 Å². The Balaban J connectivity index is 1.69. The maximum Gasteiger partial charge on any atom is 0.246 e. The standard InChI is InChI=1S/C27H28N2O3S/c1-19-8-7-9-23(15-19)28(4)27(30)17-29-16-26(24-10-5-6-11-25(24)29)33(31,32)18-22-14-20(2)12-13-21(22)3/h5-16H,17-18H2,1-4H3. The van der Waals surface area contributed by atoms with Crippen LogP contribution in [0.3, 0.4) is 0 Å². The number of fused-ring (bicyclic) bond motifs is 1. The second-order valence-corrected chi connectivity index (χ2v) is 10.6. The van der Waals surface area contributed by atoms with Crippen molar-refractivity contribution in [3.8, 4) is 0 Å². The molecule has 0 atom stereocenters. The molecule has 0 fully saturated rings. The Kier molecular flexibility index (Phi) is 6.13. The molecule has 3 aromatic carbocycles. The summed E-state index contributed by atoms with van der Waals surface area (Å²) in [6.07, 6.45) is 1.60. The molecule has 170 valence electrons. The van der Waals surface area contributed by atoms with E-state index in [0.717, 1.165) is 33.5 Å². The van der Waals surface area contributed by atoms with Gasteiger partial charge in [-0.25, -0.2) is 8.42 Å². The fraction of sp³-hybridized carbons (Fsp3) is 0.222. The first kappa shape index (κ1) is 22.8. The van der Waals surface area contributed by atoms with E-state index in [2.05, 4.69) is 0 Å². The molecule has 0 aliphatic rings. The molecule has 6 heteroatoms. The Hall–Kier alpha value is -3.38. The third-order valence-corrected chi connectivity index (χ3v) is 7.69. The molecule has 5 nitrogen and oxygen atoms in total.